The number of aliphatic hydroxyl groups excluding tert-OH is 2. The van der Waals surface area contributed by atoms with Crippen LogP contribution in [0.3, 0.4) is 0 Å². The molecule has 33 heavy (non-hydrogen) atoms. The molecule has 1 amide bonds. The minimum Gasteiger partial charge on any atom is -0.390 e. The number of hydrogen-bond acceptors (Lipinski definition) is 8. The fraction of sp³-hybridized carbons (Fsp3) is 0.450. The predicted octanol–water partition coefficient (Wildman–Crippen LogP) is 1.41. The number of rotatable bonds is 4. The standard InChI is InChI=1S/C20H20F3N7O3/c21-10-3-9(5-24-6-10)12-4-20(22,23)7-30(12)19(33)15-14-17(25-8-26-18(14)29-28-15)27-11-1-2-13(31)16(11)32/h3,5-6,8,11-13,16,31-32H,1-2,4,7H2,(H2,25,26,27,28,29)/t11-,12-,13-,16+/m1/s1. The minimum absolute atomic E-state index is 0.151. The number of likely N-dealkylation sites (tertiary alicyclic amines) is 1. The van der Waals surface area contributed by atoms with Crippen molar-refractivity contribution < 1.29 is 28.2 Å². The Morgan fingerprint density at radius 2 is 2.06 bits per heavy atom. The number of anilines is 1. The first kappa shape index (κ1) is 21.5. The monoisotopic (exact) mass is 463 g/mol. The molecule has 4 heterocycles. The van der Waals surface area contributed by atoms with Crippen LogP contribution in [0.5, 0.6) is 0 Å². The van der Waals surface area contributed by atoms with Gasteiger partial charge in [0.15, 0.2) is 11.3 Å². The van der Waals surface area contributed by atoms with E-state index in [4.69, 9.17) is 0 Å². The maximum atomic E-state index is 14.4. The number of carbonyl (C=O) groups is 1. The second-order valence-electron chi connectivity index (χ2n) is 8.35. The molecule has 3 aromatic rings. The number of halogens is 3. The molecule has 4 N–H and O–H groups in total. The number of aromatic nitrogens is 5. The van der Waals surface area contributed by atoms with E-state index in [1.54, 1.807) is 0 Å². The summed E-state index contributed by atoms with van der Waals surface area (Å²) in [6, 6.07) is -0.557. The van der Waals surface area contributed by atoms with Crippen molar-refractivity contribution in [3.8, 4) is 0 Å². The van der Waals surface area contributed by atoms with Crippen molar-refractivity contribution in [3.63, 3.8) is 0 Å². The highest BCUT2D eigenvalue weighted by Crippen LogP contribution is 2.42. The first-order valence-electron chi connectivity index (χ1n) is 10.3. The Morgan fingerprint density at radius 1 is 1.24 bits per heavy atom. The zero-order chi connectivity index (χ0) is 23.3. The third-order valence-corrected chi connectivity index (χ3v) is 6.10. The number of alkyl halides is 2. The number of aromatic amines is 1. The van der Waals surface area contributed by atoms with E-state index in [1.807, 2.05) is 0 Å². The van der Waals surface area contributed by atoms with Gasteiger partial charge in [0.05, 0.1) is 42.4 Å². The molecule has 1 saturated carbocycles. The summed E-state index contributed by atoms with van der Waals surface area (Å²) in [4.78, 5) is 26.2. The van der Waals surface area contributed by atoms with E-state index >= 15 is 0 Å². The van der Waals surface area contributed by atoms with Crippen molar-refractivity contribution in [1.82, 2.24) is 30.0 Å². The second kappa shape index (κ2) is 7.92. The van der Waals surface area contributed by atoms with Gasteiger partial charge in [-0.3, -0.25) is 14.9 Å². The molecule has 1 saturated heterocycles. The number of carbonyl (C=O) groups excluding carboxylic acids is 1. The van der Waals surface area contributed by atoms with Gasteiger partial charge in [-0.2, -0.15) is 5.10 Å². The first-order valence-corrected chi connectivity index (χ1v) is 10.3. The van der Waals surface area contributed by atoms with E-state index < -0.39 is 54.9 Å². The number of pyridine rings is 1. The number of aliphatic hydroxyl groups is 2. The Kier molecular flexibility index (Phi) is 5.16. The SMILES string of the molecule is O=C(c1n[nH]c2ncnc(N[C@@H]3CC[C@@H](O)[C@H]3O)c12)N1CC(F)(F)C[C@@H]1c1cncc(F)c1. The first-order chi connectivity index (χ1) is 15.7. The molecule has 2 fully saturated rings. The molecule has 0 bridgehead atoms. The number of nitrogens with one attached hydrogen (secondary N) is 2. The Hall–Kier alpha value is -3.32. The molecule has 5 rings (SSSR count). The van der Waals surface area contributed by atoms with Crippen molar-refractivity contribution in [2.45, 2.75) is 49.5 Å². The van der Waals surface area contributed by atoms with E-state index in [2.05, 4.69) is 30.5 Å². The number of amides is 1. The smallest absolute Gasteiger partial charge is 0.275 e. The lowest BCUT2D eigenvalue weighted by molar-refractivity contribution is 0.0117. The van der Waals surface area contributed by atoms with Crippen molar-refractivity contribution >= 4 is 22.8 Å². The largest absolute Gasteiger partial charge is 0.390 e. The Bertz CT molecular complexity index is 1210. The fourth-order valence-electron chi connectivity index (χ4n) is 4.49. The molecule has 174 valence electrons. The zero-order valence-corrected chi connectivity index (χ0v) is 17.1. The van der Waals surface area contributed by atoms with Crippen LogP contribution in [0, 0.1) is 5.82 Å². The molecule has 1 aliphatic carbocycles. The summed E-state index contributed by atoms with van der Waals surface area (Å²) in [5.74, 6) is -4.51. The summed E-state index contributed by atoms with van der Waals surface area (Å²) in [5, 5.41) is 29.7. The highest BCUT2D eigenvalue weighted by Gasteiger charge is 2.48. The van der Waals surface area contributed by atoms with Crippen molar-refractivity contribution in [2.75, 3.05) is 11.9 Å². The van der Waals surface area contributed by atoms with Crippen LogP contribution >= 0.6 is 0 Å². The van der Waals surface area contributed by atoms with Gasteiger partial charge in [-0.1, -0.05) is 0 Å². The molecule has 0 unspecified atom stereocenters. The Morgan fingerprint density at radius 3 is 2.79 bits per heavy atom. The van der Waals surface area contributed by atoms with Gasteiger partial charge >= 0.3 is 0 Å². The van der Waals surface area contributed by atoms with Gasteiger partial charge in [0, 0.05) is 12.6 Å². The molecule has 10 nitrogen and oxygen atoms in total. The summed E-state index contributed by atoms with van der Waals surface area (Å²) in [6.07, 6.45) is 1.66. The number of H-pyrrole nitrogens is 1. The molecule has 2 aliphatic rings. The normalized spacial score (nSPS) is 26.8. The van der Waals surface area contributed by atoms with Crippen LogP contribution in [0.25, 0.3) is 11.0 Å². The van der Waals surface area contributed by atoms with Gasteiger partial charge in [-0.15, -0.1) is 0 Å². The van der Waals surface area contributed by atoms with E-state index in [0.29, 0.717) is 12.8 Å². The molecule has 4 atom stereocenters. The number of nitrogens with zero attached hydrogens (tertiary/aromatic N) is 5. The lowest BCUT2D eigenvalue weighted by atomic mass is 10.1. The lowest BCUT2D eigenvalue weighted by Gasteiger charge is -2.23. The van der Waals surface area contributed by atoms with Crippen LogP contribution in [0.4, 0.5) is 19.0 Å². The summed E-state index contributed by atoms with van der Waals surface area (Å²) < 4.78 is 42.4. The van der Waals surface area contributed by atoms with Gasteiger partial charge in [0.2, 0.25) is 0 Å². The second-order valence-corrected chi connectivity index (χ2v) is 8.35. The molecular formula is C20H20F3N7O3. The van der Waals surface area contributed by atoms with Crippen molar-refractivity contribution in [3.05, 3.63) is 41.9 Å². The summed E-state index contributed by atoms with van der Waals surface area (Å²) in [5.41, 5.74) is 0.157. The molecule has 0 radical (unpaired) electrons. The highest BCUT2D eigenvalue weighted by molar-refractivity contribution is 6.07. The molecular weight excluding hydrogens is 443 g/mol. The van der Waals surface area contributed by atoms with Crippen LogP contribution in [-0.4, -0.2) is 76.9 Å². The van der Waals surface area contributed by atoms with Gasteiger partial charge in [0.1, 0.15) is 18.0 Å². The lowest BCUT2D eigenvalue weighted by Crippen LogP contribution is -2.35. The number of fused-ring (bicyclic) bond motifs is 1. The van der Waals surface area contributed by atoms with E-state index in [1.165, 1.54) is 12.5 Å². The molecule has 3 aromatic heterocycles. The van der Waals surface area contributed by atoms with E-state index in [-0.39, 0.29) is 28.1 Å². The Balaban J connectivity index is 1.51. The molecule has 0 aromatic carbocycles. The third kappa shape index (κ3) is 3.86. The van der Waals surface area contributed by atoms with Gasteiger partial charge < -0.3 is 20.4 Å². The van der Waals surface area contributed by atoms with Crippen LogP contribution < -0.4 is 5.32 Å². The fourth-order valence-corrected chi connectivity index (χ4v) is 4.49. The maximum Gasteiger partial charge on any atom is 0.275 e. The third-order valence-electron chi connectivity index (χ3n) is 6.10. The van der Waals surface area contributed by atoms with Gasteiger partial charge in [0.25, 0.3) is 11.8 Å². The highest BCUT2D eigenvalue weighted by atomic mass is 19.3. The van der Waals surface area contributed by atoms with Crippen LogP contribution in [0.1, 0.15) is 41.4 Å². The van der Waals surface area contributed by atoms with Gasteiger partial charge in [-0.25, -0.2) is 23.1 Å². The van der Waals surface area contributed by atoms with Crippen molar-refractivity contribution in [1.29, 1.82) is 0 Å². The zero-order valence-electron chi connectivity index (χ0n) is 17.1. The average Bonchev–Trinajstić information content (AvgIpc) is 3.45. The van der Waals surface area contributed by atoms with Crippen molar-refractivity contribution in [2.24, 2.45) is 0 Å². The average molecular weight is 463 g/mol. The topological polar surface area (TPSA) is 140 Å². The Labute approximate surface area is 184 Å². The van der Waals surface area contributed by atoms with Crippen LogP contribution in [0.2, 0.25) is 0 Å². The van der Waals surface area contributed by atoms with Crippen LogP contribution in [-0.2, 0) is 0 Å². The van der Waals surface area contributed by atoms with Gasteiger partial charge in [-0.05, 0) is 24.5 Å². The van der Waals surface area contributed by atoms with Crippen LogP contribution in [0.15, 0.2) is 24.8 Å². The molecule has 1 aliphatic heterocycles. The molecule has 0 spiro atoms. The predicted molar refractivity (Wildman–Crippen MR) is 108 cm³/mol. The summed E-state index contributed by atoms with van der Waals surface area (Å²) in [7, 11) is 0. The quantitative estimate of drug-likeness (QED) is 0.455. The van der Waals surface area contributed by atoms with E-state index in [9.17, 15) is 28.2 Å². The molecule has 13 heteroatoms. The minimum atomic E-state index is -3.18. The maximum absolute atomic E-state index is 14.4. The summed E-state index contributed by atoms with van der Waals surface area (Å²) >= 11 is 0. The summed E-state index contributed by atoms with van der Waals surface area (Å²) in [6.45, 7) is -0.870. The number of hydrogen-bond donors (Lipinski definition) is 4. The van der Waals surface area contributed by atoms with E-state index in [0.717, 1.165) is 17.2 Å².